The zero-order chi connectivity index (χ0) is 16.6. The maximum Gasteiger partial charge on any atom is 0.261 e. The first-order chi connectivity index (χ1) is 10.9. The summed E-state index contributed by atoms with van der Waals surface area (Å²) in [4.78, 5) is 4.41. The summed E-state index contributed by atoms with van der Waals surface area (Å²) in [7, 11) is -0.364. The van der Waals surface area contributed by atoms with Gasteiger partial charge in [-0.15, -0.1) is 0 Å². The fourth-order valence-electron chi connectivity index (χ4n) is 2.33. The zero-order valence-corrected chi connectivity index (χ0v) is 13.8. The predicted molar refractivity (Wildman–Crippen MR) is 87.0 cm³/mol. The molecule has 1 N–H and O–H groups in total. The average molecular weight is 332 g/mol. The molecule has 2 heterocycles. The molecule has 0 aliphatic carbocycles. The van der Waals surface area contributed by atoms with Gasteiger partial charge >= 0.3 is 0 Å². The maximum absolute atomic E-state index is 12.4. The highest BCUT2D eigenvalue weighted by Gasteiger charge is 2.15. The Kier molecular flexibility index (Phi) is 3.69. The van der Waals surface area contributed by atoms with Crippen molar-refractivity contribution in [2.24, 2.45) is 7.05 Å². The summed E-state index contributed by atoms with van der Waals surface area (Å²) >= 11 is 0. The minimum absolute atomic E-state index is 0.154. The largest absolute Gasteiger partial charge is 0.497 e. The molecule has 23 heavy (non-hydrogen) atoms. The number of fused-ring (bicyclic) bond motifs is 1. The van der Waals surface area contributed by atoms with E-state index in [4.69, 9.17) is 4.74 Å². The molecular formula is C15H16N4O3S. The van der Waals surface area contributed by atoms with Crippen molar-refractivity contribution in [3.05, 3.63) is 42.2 Å². The van der Waals surface area contributed by atoms with Gasteiger partial charge in [0.25, 0.3) is 10.0 Å². The summed E-state index contributed by atoms with van der Waals surface area (Å²) in [5.74, 6) is 0.595. The Morgan fingerprint density at radius 2 is 1.91 bits per heavy atom. The summed E-state index contributed by atoms with van der Waals surface area (Å²) in [5, 5.41) is 5.08. The van der Waals surface area contributed by atoms with Gasteiger partial charge in [0.05, 0.1) is 29.6 Å². The predicted octanol–water partition coefficient (Wildman–Crippen LogP) is 2.09. The van der Waals surface area contributed by atoms with Crippen LogP contribution in [0.3, 0.4) is 0 Å². The van der Waals surface area contributed by atoms with Crippen molar-refractivity contribution in [2.75, 3.05) is 11.8 Å². The molecule has 8 heteroatoms. The van der Waals surface area contributed by atoms with Gasteiger partial charge in [-0.3, -0.25) is 9.40 Å². The van der Waals surface area contributed by atoms with E-state index in [2.05, 4.69) is 14.8 Å². The lowest BCUT2D eigenvalue weighted by molar-refractivity contribution is 0.414. The van der Waals surface area contributed by atoms with Crippen LogP contribution in [0, 0.1) is 6.92 Å². The van der Waals surface area contributed by atoms with Crippen LogP contribution in [0.5, 0.6) is 5.75 Å². The molecule has 0 bridgehead atoms. The van der Waals surface area contributed by atoms with Gasteiger partial charge in [0.1, 0.15) is 5.75 Å². The third kappa shape index (κ3) is 2.85. The number of ether oxygens (including phenoxy) is 1. The number of nitrogens with one attached hydrogen (secondary N) is 1. The molecule has 0 atom stereocenters. The molecule has 3 rings (SSSR count). The fourth-order valence-corrected chi connectivity index (χ4v) is 3.37. The molecule has 0 radical (unpaired) electrons. The summed E-state index contributed by atoms with van der Waals surface area (Å²) in [6, 6.07) is 7.90. The number of anilines is 1. The number of pyridine rings is 1. The van der Waals surface area contributed by atoms with Crippen LogP contribution in [0.4, 0.5) is 5.69 Å². The molecule has 0 unspecified atom stereocenters. The standard InChI is InChI=1S/C15H16N4O3S/c1-10-14-8-11(9-16-15(14)19(2)17-10)18-23(20,21)13-6-4-12(22-3)5-7-13/h4-9,18H,1-3H3. The van der Waals surface area contributed by atoms with Crippen LogP contribution in [0.25, 0.3) is 11.0 Å². The highest BCUT2D eigenvalue weighted by Crippen LogP contribution is 2.22. The third-order valence-electron chi connectivity index (χ3n) is 3.48. The van der Waals surface area contributed by atoms with E-state index < -0.39 is 10.0 Å². The average Bonchev–Trinajstić information content (AvgIpc) is 2.81. The number of sulfonamides is 1. The Balaban J connectivity index is 1.94. The molecule has 2 aromatic heterocycles. The maximum atomic E-state index is 12.4. The quantitative estimate of drug-likeness (QED) is 0.790. The first-order valence-corrected chi connectivity index (χ1v) is 8.35. The van der Waals surface area contributed by atoms with E-state index in [1.165, 1.54) is 25.4 Å². The normalized spacial score (nSPS) is 11.6. The first-order valence-electron chi connectivity index (χ1n) is 6.87. The van der Waals surface area contributed by atoms with E-state index in [0.717, 1.165) is 11.1 Å². The smallest absolute Gasteiger partial charge is 0.261 e. The highest BCUT2D eigenvalue weighted by atomic mass is 32.2. The molecule has 0 amide bonds. The van der Waals surface area contributed by atoms with E-state index in [-0.39, 0.29) is 4.90 Å². The molecule has 120 valence electrons. The van der Waals surface area contributed by atoms with Crippen molar-refractivity contribution in [2.45, 2.75) is 11.8 Å². The topological polar surface area (TPSA) is 86.1 Å². The summed E-state index contributed by atoms with van der Waals surface area (Å²) in [5.41, 5.74) is 1.89. The van der Waals surface area contributed by atoms with Crippen molar-refractivity contribution in [1.82, 2.24) is 14.8 Å². The number of aryl methyl sites for hydroxylation is 2. The minimum atomic E-state index is -3.69. The lowest BCUT2D eigenvalue weighted by Crippen LogP contribution is -2.13. The lowest BCUT2D eigenvalue weighted by Gasteiger charge is -2.08. The Hall–Kier alpha value is -2.61. The van der Waals surface area contributed by atoms with E-state index in [1.807, 2.05) is 6.92 Å². The van der Waals surface area contributed by atoms with Gasteiger partial charge in [0, 0.05) is 12.4 Å². The Bertz CT molecular complexity index is 962. The van der Waals surface area contributed by atoms with Crippen molar-refractivity contribution in [3.8, 4) is 5.75 Å². The van der Waals surface area contributed by atoms with E-state index >= 15 is 0 Å². The molecule has 0 fully saturated rings. The van der Waals surface area contributed by atoms with Crippen LogP contribution >= 0.6 is 0 Å². The van der Waals surface area contributed by atoms with Gasteiger partial charge < -0.3 is 4.74 Å². The lowest BCUT2D eigenvalue weighted by atomic mass is 10.3. The van der Waals surface area contributed by atoms with Gasteiger partial charge in [-0.05, 0) is 37.3 Å². The van der Waals surface area contributed by atoms with Crippen LogP contribution in [-0.2, 0) is 17.1 Å². The van der Waals surface area contributed by atoms with Crippen LogP contribution in [0.1, 0.15) is 5.69 Å². The Morgan fingerprint density at radius 3 is 2.57 bits per heavy atom. The minimum Gasteiger partial charge on any atom is -0.497 e. The number of nitrogens with zero attached hydrogens (tertiary/aromatic N) is 3. The molecule has 1 aromatic carbocycles. The number of hydrogen-bond donors (Lipinski definition) is 1. The summed E-state index contributed by atoms with van der Waals surface area (Å²) in [6.45, 7) is 1.85. The van der Waals surface area contributed by atoms with Crippen molar-refractivity contribution < 1.29 is 13.2 Å². The fraction of sp³-hybridized carbons (Fsp3) is 0.200. The molecule has 0 aliphatic rings. The summed E-state index contributed by atoms with van der Waals surface area (Å²) in [6.07, 6.45) is 1.48. The van der Waals surface area contributed by atoms with Crippen molar-refractivity contribution in [3.63, 3.8) is 0 Å². The van der Waals surface area contributed by atoms with Crippen LogP contribution in [-0.4, -0.2) is 30.3 Å². The molecule has 0 aliphatic heterocycles. The van der Waals surface area contributed by atoms with Crippen LogP contribution in [0.2, 0.25) is 0 Å². The van der Waals surface area contributed by atoms with Gasteiger partial charge in [-0.25, -0.2) is 13.4 Å². The number of benzene rings is 1. The monoisotopic (exact) mass is 332 g/mol. The second-order valence-electron chi connectivity index (χ2n) is 5.09. The van der Waals surface area contributed by atoms with Gasteiger partial charge in [-0.2, -0.15) is 5.10 Å². The molecular weight excluding hydrogens is 316 g/mol. The number of methoxy groups -OCH3 is 1. The molecule has 0 saturated carbocycles. The van der Waals surface area contributed by atoms with E-state index in [1.54, 1.807) is 29.9 Å². The molecule has 7 nitrogen and oxygen atoms in total. The second-order valence-corrected chi connectivity index (χ2v) is 6.77. The van der Waals surface area contributed by atoms with Crippen molar-refractivity contribution >= 4 is 26.7 Å². The third-order valence-corrected chi connectivity index (χ3v) is 4.88. The summed E-state index contributed by atoms with van der Waals surface area (Å²) < 4.78 is 34.1. The molecule has 0 spiro atoms. The van der Waals surface area contributed by atoms with Gasteiger partial charge in [0.15, 0.2) is 5.65 Å². The van der Waals surface area contributed by atoms with Crippen LogP contribution < -0.4 is 9.46 Å². The van der Waals surface area contributed by atoms with Gasteiger partial charge in [0.2, 0.25) is 0 Å². The SMILES string of the molecule is COc1ccc(S(=O)(=O)Nc2cnc3c(c2)c(C)nn3C)cc1. The number of hydrogen-bond acceptors (Lipinski definition) is 5. The second kappa shape index (κ2) is 5.54. The molecule has 3 aromatic rings. The highest BCUT2D eigenvalue weighted by molar-refractivity contribution is 7.92. The van der Waals surface area contributed by atoms with Gasteiger partial charge in [-0.1, -0.05) is 0 Å². The van der Waals surface area contributed by atoms with Crippen LogP contribution in [0.15, 0.2) is 41.4 Å². The Labute approximate surface area is 134 Å². The Morgan fingerprint density at radius 1 is 1.22 bits per heavy atom. The zero-order valence-electron chi connectivity index (χ0n) is 12.9. The van der Waals surface area contributed by atoms with Crippen molar-refractivity contribution in [1.29, 1.82) is 0 Å². The first kappa shape index (κ1) is 15.3. The molecule has 0 saturated heterocycles. The number of aromatic nitrogens is 3. The van der Waals surface area contributed by atoms with E-state index in [9.17, 15) is 8.42 Å². The van der Waals surface area contributed by atoms with E-state index in [0.29, 0.717) is 17.1 Å². The number of rotatable bonds is 4.